The maximum atomic E-state index is 12.6. The minimum atomic E-state index is -0.151. The summed E-state index contributed by atoms with van der Waals surface area (Å²) in [6.07, 6.45) is 6.34. The van der Waals surface area contributed by atoms with Gasteiger partial charge in [-0.15, -0.1) is 0 Å². The van der Waals surface area contributed by atoms with Crippen molar-refractivity contribution in [2.24, 2.45) is 0 Å². The minimum Gasteiger partial charge on any atom is -0.486 e. The third-order valence-electron chi connectivity index (χ3n) is 3.73. The number of hydrogen-bond donors (Lipinski definition) is 0. The molecule has 0 radical (unpaired) electrons. The van der Waals surface area contributed by atoms with E-state index in [0.29, 0.717) is 17.9 Å². The van der Waals surface area contributed by atoms with E-state index >= 15 is 0 Å². The highest BCUT2D eigenvalue weighted by atomic mass is 16.5. The molecule has 0 saturated heterocycles. The summed E-state index contributed by atoms with van der Waals surface area (Å²) in [5, 5.41) is 0. The molecule has 0 aliphatic heterocycles. The zero-order valence-electron chi connectivity index (χ0n) is 14.2. The van der Waals surface area contributed by atoms with Crippen molar-refractivity contribution in [2.45, 2.75) is 20.1 Å². The van der Waals surface area contributed by atoms with E-state index in [1.165, 1.54) is 6.26 Å². The molecule has 2 heterocycles. The van der Waals surface area contributed by atoms with E-state index in [-0.39, 0.29) is 12.5 Å². The molecule has 3 rings (SSSR count). The lowest BCUT2D eigenvalue weighted by molar-refractivity contribution is 0.0778. The van der Waals surface area contributed by atoms with Crippen LogP contribution in [-0.4, -0.2) is 27.8 Å². The van der Waals surface area contributed by atoms with Gasteiger partial charge in [0.15, 0.2) is 5.76 Å². The fraction of sp³-hybridized carbons (Fsp3) is 0.211. The minimum absolute atomic E-state index is 0.151. The van der Waals surface area contributed by atoms with Gasteiger partial charge in [0.1, 0.15) is 12.4 Å². The summed E-state index contributed by atoms with van der Waals surface area (Å²) in [4.78, 5) is 22.4. The Labute approximate surface area is 146 Å². The number of amides is 1. The highest BCUT2D eigenvalue weighted by Crippen LogP contribution is 2.18. The summed E-state index contributed by atoms with van der Waals surface area (Å²) < 4.78 is 11.1. The highest BCUT2D eigenvalue weighted by molar-refractivity contribution is 5.94. The molecule has 0 aliphatic rings. The van der Waals surface area contributed by atoms with E-state index in [1.807, 2.05) is 31.2 Å². The number of nitrogens with zero attached hydrogens (tertiary/aromatic N) is 3. The summed E-state index contributed by atoms with van der Waals surface area (Å²) in [6, 6.07) is 9.37. The average molecular weight is 337 g/mol. The molecule has 0 spiro atoms. The average Bonchev–Trinajstić information content (AvgIpc) is 3.10. The van der Waals surface area contributed by atoms with Crippen LogP contribution in [0.5, 0.6) is 5.75 Å². The van der Waals surface area contributed by atoms with Gasteiger partial charge in [0.05, 0.1) is 30.3 Å². The zero-order valence-corrected chi connectivity index (χ0v) is 14.2. The van der Waals surface area contributed by atoms with Gasteiger partial charge in [0.2, 0.25) is 0 Å². The molecule has 0 atom stereocenters. The Morgan fingerprint density at radius 2 is 2.00 bits per heavy atom. The van der Waals surface area contributed by atoms with Gasteiger partial charge in [-0.1, -0.05) is 17.7 Å². The van der Waals surface area contributed by atoms with Crippen molar-refractivity contribution in [3.63, 3.8) is 0 Å². The summed E-state index contributed by atoms with van der Waals surface area (Å²) >= 11 is 0. The van der Waals surface area contributed by atoms with Gasteiger partial charge < -0.3 is 14.1 Å². The van der Waals surface area contributed by atoms with Crippen LogP contribution in [0.25, 0.3) is 0 Å². The first-order valence-electron chi connectivity index (χ1n) is 7.89. The molecular weight excluding hydrogens is 318 g/mol. The Kier molecular flexibility index (Phi) is 5.09. The van der Waals surface area contributed by atoms with Crippen LogP contribution >= 0.6 is 0 Å². The second-order valence-corrected chi connectivity index (χ2v) is 5.72. The molecule has 0 aliphatic carbocycles. The largest absolute Gasteiger partial charge is 0.486 e. The van der Waals surface area contributed by atoms with E-state index < -0.39 is 0 Å². The predicted molar refractivity (Wildman–Crippen MR) is 92.0 cm³/mol. The van der Waals surface area contributed by atoms with Crippen molar-refractivity contribution in [3.05, 3.63) is 77.8 Å². The molecule has 3 aromatic rings. The maximum absolute atomic E-state index is 12.6. The van der Waals surface area contributed by atoms with E-state index in [2.05, 4.69) is 9.97 Å². The van der Waals surface area contributed by atoms with Crippen LogP contribution in [-0.2, 0) is 13.2 Å². The van der Waals surface area contributed by atoms with E-state index in [0.717, 1.165) is 17.0 Å². The monoisotopic (exact) mass is 337 g/mol. The Bertz CT molecular complexity index is 829. The smallest absolute Gasteiger partial charge is 0.257 e. The van der Waals surface area contributed by atoms with Crippen LogP contribution in [0.15, 0.2) is 59.6 Å². The molecule has 128 valence electrons. The third-order valence-corrected chi connectivity index (χ3v) is 3.73. The van der Waals surface area contributed by atoms with Gasteiger partial charge in [0, 0.05) is 19.4 Å². The fourth-order valence-corrected chi connectivity index (χ4v) is 2.36. The first-order valence-corrected chi connectivity index (χ1v) is 7.89. The molecule has 1 amide bonds. The van der Waals surface area contributed by atoms with E-state index in [4.69, 9.17) is 9.15 Å². The Hall–Kier alpha value is -3.15. The summed E-state index contributed by atoms with van der Waals surface area (Å²) in [7, 11) is 1.72. The first kappa shape index (κ1) is 16.7. The van der Waals surface area contributed by atoms with E-state index in [9.17, 15) is 4.79 Å². The molecule has 0 unspecified atom stereocenters. The van der Waals surface area contributed by atoms with Gasteiger partial charge in [-0.05, 0) is 25.1 Å². The molecule has 6 heteroatoms. The second-order valence-electron chi connectivity index (χ2n) is 5.72. The van der Waals surface area contributed by atoms with Crippen molar-refractivity contribution in [2.75, 3.05) is 7.05 Å². The molecule has 0 saturated carbocycles. The molecule has 0 N–H and O–H groups in total. The number of aryl methyl sites for hydroxylation is 1. The molecule has 25 heavy (non-hydrogen) atoms. The van der Waals surface area contributed by atoms with Crippen LogP contribution in [0.3, 0.4) is 0 Å². The maximum Gasteiger partial charge on any atom is 0.257 e. The molecule has 2 aromatic heterocycles. The topological polar surface area (TPSA) is 68.5 Å². The van der Waals surface area contributed by atoms with Crippen LogP contribution in [0.2, 0.25) is 0 Å². The van der Waals surface area contributed by atoms with Crippen LogP contribution in [0.1, 0.15) is 27.4 Å². The Morgan fingerprint density at radius 1 is 1.20 bits per heavy atom. The first-order chi connectivity index (χ1) is 12.1. The van der Waals surface area contributed by atoms with Crippen molar-refractivity contribution < 1.29 is 13.9 Å². The molecule has 6 nitrogen and oxygen atoms in total. The van der Waals surface area contributed by atoms with Crippen LogP contribution in [0, 0.1) is 6.92 Å². The quantitative estimate of drug-likeness (QED) is 0.691. The van der Waals surface area contributed by atoms with Crippen molar-refractivity contribution in [1.29, 1.82) is 0 Å². The van der Waals surface area contributed by atoms with Crippen LogP contribution < -0.4 is 4.74 Å². The molecule has 1 aromatic carbocycles. The number of benzene rings is 1. The number of hydrogen-bond acceptors (Lipinski definition) is 5. The van der Waals surface area contributed by atoms with Gasteiger partial charge in [-0.25, -0.2) is 0 Å². The van der Waals surface area contributed by atoms with Crippen LogP contribution in [0.4, 0.5) is 0 Å². The number of ether oxygens (including phenoxy) is 1. The summed E-state index contributed by atoms with van der Waals surface area (Å²) in [5.74, 6) is 1.08. The molecule has 0 fully saturated rings. The van der Waals surface area contributed by atoms with E-state index in [1.54, 1.807) is 36.6 Å². The Morgan fingerprint density at radius 3 is 2.72 bits per heavy atom. The molecule has 0 bridgehead atoms. The van der Waals surface area contributed by atoms with Crippen molar-refractivity contribution >= 4 is 5.91 Å². The molecular formula is C19H19N3O3. The van der Waals surface area contributed by atoms with Crippen molar-refractivity contribution in [3.8, 4) is 5.75 Å². The predicted octanol–water partition coefficient (Wildman–Crippen LogP) is 3.23. The lowest BCUT2D eigenvalue weighted by Gasteiger charge is -2.16. The standard InChI is InChI=1S/C19H19N3O3/c1-14-3-5-16(6-4-14)25-13-18-17(7-10-24-18)19(23)22(2)12-15-11-20-8-9-21-15/h3-11H,12-13H2,1-2H3. The number of rotatable bonds is 6. The van der Waals surface area contributed by atoms with Gasteiger partial charge in [-0.2, -0.15) is 0 Å². The number of aromatic nitrogens is 2. The highest BCUT2D eigenvalue weighted by Gasteiger charge is 2.19. The SMILES string of the molecule is Cc1ccc(OCc2occc2C(=O)N(C)Cc2cnccn2)cc1. The van der Waals surface area contributed by atoms with Gasteiger partial charge in [0.25, 0.3) is 5.91 Å². The lowest BCUT2D eigenvalue weighted by Crippen LogP contribution is -2.27. The Balaban J connectivity index is 1.65. The number of furan rings is 1. The zero-order chi connectivity index (χ0) is 17.6. The number of carbonyl (C=O) groups is 1. The van der Waals surface area contributed by atoms with Gasteiger partial charge >= 0.3 is 0 Å². The fourth-order valence-electron chi connectivity index (χ4n) is 2.36. The van der Waals surface area contributed by atoms with Gasteiger partial charge in [-0.3, -0.25) is 14.8 Å². The lowest BCUT2D eigenvalue weighted by atomic mass is 10.2. The summed E-state index contributed by atoms with van der Waals surface area (Å²) in [6.45, 7) is 2.58. The number of carbonyl (C=O) groups excluding carboxylic acids is 1. The second kappa shape index (κ2) is 7.61. The normalized spacial score (nSPS) is 10.5. The third kappa shape index (κ3) is 4.23. The van der Waals surface area contributed by atoms with Crippen molar-refractivity contribution in [1.82, 2.24) is 14.9 Å². The summed E-state index contributed by atoms with van der Waals surface area (Å²) in [5.41, 5.74) is 2.37.